The quantitative estimate of drug-likeness (QED) is 0.903. The molecule has 1 amide bonds. The van der Waals surface area contributed by atoms with Gasteiger partial charge in [0.25, 0.3) is 0 Å². The number of nitrogens with zero attached hydrogens (tertiary/aromatic N) is 3. The van der Waals surface area contributed by atoms with Gasteiger partial charge in [-0.05, 0) is 46.1 Å². The maximum absolute atomic E-state index is 12.2. The number of piperidine rings is 1. The average Bonchev–Trinajstić information content (AvgIpc) is 2.71. The molecule has 2 heterocycles. The molecule has 124 valence electrons. The van der Waals surface area contributed by atoms with Crippen molar-refractivity contribution < 1.29 is 4.79 Å². The van der Waals surface area contributed by atoms with Gasteiger partial charge in [0.1, 0.15) is 0 Å². The minimum Gasteiger partial charge on any atom is -0.354 e. The number of hydrogen-bond donors (Lipinski definition) is 1. The fraction of sp³-hybridized carbons (Fsp3) is 0.765. The first-order chi connectivity index (χ1) is 10.4. The second-order valence-corrected chi connectivity index (χ2v) is 6.85. The molecule has 0 saturated carbocycles. The highest BCUT2D eigenvalue weighted by atomic mass is 16.1. The van der Waals surface area contributed by atoms with E-state index in [1.54, 1.807) is 0 Å². The summed E-state index contributed by atoms with van der Waals surface area (Å²) in [5.74, 6) is 0.865. The smallest absolute Gasteiger partial charge is 0.224 e. The first kappa shape index (κ1) is 17.0. The number of rotatable bonds is 5. The van der Waals surface area contributed by atoms with Crippen LogP contribution in [0.2, 0.25) is 0 Å². The Hall–Kier alpha value is -1.36. The first-order valence-corrected chi connectivity index (χ1v) is 8.38. The van der Waals surface area contributed by atoms with Crippen LogP contribution in [0.4, 0.5) is 0 Å². The lowest BCUT2D eigenvalue weighted by Crippen LogP contribution is -2.46. The predicted octanol–water partition coefficient (Wildman–Crippen LogP) is 1.82. The molecule has 5 heteroatoms. The highest BCUT2D eigenvalue weighted by Gasteiger charge is 2.21. The molecule has 0 aromatic carbocycles. The summed E-state index contributed by atoms with van der Waals surface area (Å²) >= 11 is 0. The van der Waals surface area contributed by atoms with Gasteiger partial charge >= 0.3 is 0 Å². The van der Waals surface area contributed by atoms with Crippen molar-refractivity contribution in [1.82, 2.24) is 20.0 Å². The van der Waals surface area contributed by atoms with Crippen molar-refractivity contribution >= 4 is 5.91 Å². The fourth-order valence-electron chi connectivity index (χ4n) is 3.31. The van der Waals surface area contributed by atoms with Crippen molar-refractivity contribution in [2.75, 3.05) is 19.6 Å². The van der Waals surface area contributed by atoms with Crippen molar-refractivity contribution in [2.24, 2.45) is 13.0 Å². The maximum Gasteiger partial charge on any atom is 0.224 e. The lowest BCUT2D eigenvalue weighted by molar-refractivity contribution is -0.120. The van der Waals surface area contributed by atoms with E-state index in [0.717, 1.165) is 42.5 Å². The molecule has 1 aromatic rings. The zero-order valence-corrected chi connectivity index (χ0v) is 14.6. The maximum atomic E-state index is 12.2. The normalized spacial score (nSPS) is 20.9. The minimum absolute atomic E-state index is 0.0936. The van der Waals surface area contributed by atoms with Crippen LogP contribution < -0.4 is 5.32 Å². The van der Waals surface area contributed by atoms with E-state index in [2.05, 4.69) is 29.2 Å². The molecule has 0 unspecified atom stereocenters. The number of likely N-dealkylation sites (tertiary alicyclic amines) is 1. The Balaban J connectivity index is 1.82. The van der Waals surface area contributed by atoms with Gasteiger partial charge in [-0.1, -0.05) is 6.92 Å². The monoisotopic (exact) mass is 306 g/mol. The lowest BCUT2D eigenvalue weighted by atomic mass is 9.99. The molecule has 1 aromatic heterocycles. The zero-order chi connectivity index (χ0) is 16.3. The van der Waals surface area contributed by atoms with E-state index in [0.29, 0.717) is 12.5 Å². The van der Waals surface area contributed by atoms with Gasteiger partial charge in [0, 0.05) is 37.4 Å². The summed E-state index contributed by atoms with van der Waals surface area (Å²) in [6, 6.07) is 0.405. The highest BCUT2D eigenvalue weighted by molar-refractivity contribution is 5.79. The van der Waals surface area contributed by atoms with Gasteiger partial charge in [-0.25, -0.2) is 0 Å². The minimum atomic E-state index is 0.0936. The Morgan fingerprint density at radius 2 is 2.18 bits per heavy atom. The van der Waals surface area contributed by atoms with Crippen LogP contribution in [0.5, 0.6) is 0 Å². The summed E-state index contributed by atoms with van der Waals surface area (Å²) in [5, 5.41) is 7.46. The van der Waals surface area contributed by atoms with Crippen LogP contribution in [0, 0.1) is 19.8 Å². The number of hydrogen-bond acceptors (Lipinski definition) is 3. The largest absolute Gasteiger partial charge is 0.354 e. The van der Waals surface area contributed by atoms with Crippen LogP contribution in [0.1, 0.15) is 43.6 Å². The average molecular weight is 306 g/mol. The van der Waals surface area contributed by atoms with E-state index in [-0.39, 0.29) is 5.91 Å². The number of aromatic nitrogens is 2. The molecule has 1 aliphatic rings. The van der Waals surface area contributed by atoms with Gasteiger partial charge in [-0.2, -0.15) is 5.10 Å². The molecular formula is C17H30N4O. The van der Waals surface area contributed by atoms with Crippen molar-refractivity contribution in [3.05, 3.63) is 17.0 Å². The number of carbonyl (C=O) groups excluding carboxylic acids is 1. The van der Waals surface area contributed by atoms with E-state index < -0.39 is 0 Å². The standard InChI is InChI=1S/C17H30N4O/c1-12-7-6-8-21(11-12)13(2)10-18-17(22)9-16-14(3)19-20(5)15(16)4/h12-13H,6-11H2,1-5H3,(H,18,22)/t12-,13+/m1/s1. The molecule has 1 fully saturated rings. The van der Waals surface area contributed by atoms with E-state index in [9.17, 15) is 4.79 Å². The number of nitrogens with one attached hydrogen (secondary N) is 1. The summed E-state index contributed by atoms with van der Waals surface area (Å²) < 4.78 is 1.84. The van der Waals surface area contributed by atoms with Crippen LogP contribution >= 0.6 is 0 Å². The predicted molar refractivity (Wildman–Crippen MR) is 88.8 cm³/mol. The van der Waals surface area contributed by atoms with Gasteiger partial charge < -0.3 is 5.32 Å². The Morgan fingerprint density at radius 1 is 1.45 bits per heavy atom. The summed E-state index contributed by atoms with van der Waals surface area (Å²) in [6.45, 7) is 11.5. The van der Waals surface area contributed by atoms with Crippen LogP contribution in [-0.4, -0.2) is 46.3 Å². The van der Waals surface area contributed by atoms with Crippen molar-refractivity contribution in [2.45, 2.75) is 53.0 Å². The second kappa shape index (κ2) is 7.27. The van der Waals surface area contributed by atoms with E-state index in [1.165, 1.54) is 12.8 Å². The second-order valence-electron chi connectivity index (χ2n) is 6.85. The van der Waals surface area contributed by atoms with Gasteiger partial charge in [-0.15, -0.1) is 0 Å². The SMILES string of the molecule is Cc1nn(C)c(C)c1CC(=O)NC[C@H](C)N1CCC[C@@H](C)C1. The molecule has 2 rings (SSSR count). The molecule has 5 nitrogen and oxygen atoms in total. The first-order valence-electron chi connectivity index (χ1n) is 8.38. The molecule has 1 N–H and O–H groups in total. The third-order valence-electron chi connectivity index (χ3n) is 4.90. The third-order valence-corrected chi connectivity index (χ3v) is 4.90. The third kappa shape index (κ3) is 4.09. The lowest BCUT2D eigenvalue weighted by Gasteiger charge is -2.35. The number of carbonyl (C=O) groups is 1. The Labute approximate surface area is 134 Å². The summed E-state index contributed by atoms with van der Waals surface area (Å²) in [6.07, 6.45) is 3.03. The Morgan fingerprint density at radius 3 is 2.77 bits per heavy atom. The molecule has 2 atom stereocenters. The van der Waals surface area contributed by atoms with Crippen LogP contribution in [-0.2, 0) is 18.3 Å². The molecule has 1 aliphatic heterocycles. The van der Waals surface area contributed by atoms with Gasteiger partial charge in [0.05, 0.1) is 12.1 Å². The van der Waals surface area contributed by atoms with Crippen LogP contribution in [0.25, 0.3) is 0 Å². The molecule has 1 saturated heterocycles. The molecule has 0 radical (unpaired) electrons. The van der Waals surface area contributed by atoms with Crippen molar-refractivity contribution in [3.8, 4) is 0 Å². The Kier molecular flexibility index (Phi) is 5.62. The van der Waals surface area contributed by atoms with E-state index in [4.69, 9.17) is 0 Å². The number of aryl methyl sites for hydroxylation is 2. The molecule has 0 spiro atoms. The van der Waals surface area contributed by atoms with Gasteiger partial charge in [-0.3, -0.25) is 14.4 Å². The van der Waals surface area contributed by atoms with Gasteiger partial charge in [0.2, 0.25) is 5.91 Å². The molecule has 0 aliphatic carbocycles. The fourth-order valence-corrected chi connectivity index (χ4v) is 3.31. The Bertz CT molecular complexity index is 523. The van der Waals surface area contributed by atoms with Crippen LogP contribution in [0.15, 0.2) is 0 Å². The van der Waals surface area contributed by atoms with Crippen molar-refractivity contribution in [3.63, 3.8) is 0 Å². The van der Waals surface area contributed by atoms with E-state index >= 15 is 0 Å². The molecular weight excluding hydrogens is 276 g/mol. The van der Waals surface area contributed by atoms with Gasteiger partial charge in [0.15, 0.2) is 0 Å². The summed E-state index contributed by atoms with van der Waals surface area (Å²) in [4.78, 5) is 14.7. The number of amides is 1. The topological polar surface area (TPSA) is 50.2 Å². The zero-order valence-electron chi connectivity index (χ0n) is 14.6. The summed E-state index contributed by atoms with van der Waals surface area (Å²) in [5.41, 5.74) is 3.08. The highest BCUT2D eigenvalue weighted by Crippen LogP contribution is 2.17. The summed E-state index contributed by atoms with van der Waals surface area (Å²) in [7, 11) is 1.92. The molecule has 22 heavy (non-hydrogen) atoms. The molecule has 0 bridgehead atoms. The van der Waals surface area contributed by atoms with Crippen molar-refractivity contribution in [1.29, 1.82) is 0 Å². The van der Waals surface area contributed by atoms with E-state index in [1.807, 2.05) is 25.6 Å². The van der Waals surface area contributed by atoms with Crippen LogP contribution in [0.3, 0.4) is 0 Å².